The summed E-state index contributed by atoms with van der Waals surface area (Å²) >= 11 is 5.83. The molecule has 8 heteroatoms. The van der Waals surface area contributed by atoms with Crippen molar-refractivity contribution < 1.29 is 9.32 Å². The fourth-order valence-electron chi connectivity index (χ4n) is 3.10. The molecule has 1 amide bonds. The number of carbonyl (C=O) groups excluding carboxylic acids is 1. The predicted octanol–water partition coefficient (Wildman–Crippen LogP) is 4.50. The topological polar surface area (TPSA) is 101 Å². The van der Waals surface area contributed by atoms with E-state index in [0.29, 0.717) is 41.4 Å². The molecule has 0 unspecified atom stereocenters. The SMILES string of the molecule is Cc1ccc2cc(-c3noc(CCCC(=O)Nc4ccc(Cl)cc4)n3)c(=O)[nH]c2c1. The summed E-state index contributed by atoms with van der Waals surface area (Å²) in [6.07, 6.45) is 1.27. The van der Waals surface area contributed by atoms with Gasteiger partial charge in [-0.2, -0.15) is 4.98 Å². The maximum atomic E-state index is 12.4. The van der Waals surface area contributed by atoms with Crippen LogP contribution in [0.15, 0.2) is 57.8 Å². The van der Waals surface area contributed by atoms with Crippen LogP contribution >= 0.6 is 11.6 Å². The second-order valence-electron chi connectivity index (χ2n) is 7.02. The van der Waals surface area contributed by atoms with E-state index in [9.17, 15) is 9.59 Å². The third kappa shape index (κ3) is 4.58. The van der Waals surface area contributed by atoms with E-state index in [2.05, 4.69) is 20.4 Å². The number of anilines is 1. The van der Waals surface area contributed by atoms with Crippen LogP contribution < -0.4 is 10.9 Å². The largest absolute Gasteiger partial charge is 0.339 e. The second-order valence-corrected chi connectivity index (χ2v) is 7.46. The molecule has 0 aliphatic carbocycles. The first kappa shape index (κ1) is 19.8. The standard InChI is InChI=1S/C22H19ClN4O3/c1-13-5-6-14-12-17(22(29)25-18(14)11-13)21-26-20(30-27-21)4-2-3-19(28)24-16-9-7-15(23)8-10-16/h5-12H,2-4H2,1H3,(H,24,28)(H,25,29). The molecule has 0 atom stereocenters. The lowest BCUT2D eigenvalue weighted by atomic mass is 10.1. The van der Waals surface area contributed by atoms with Gasteiger partial charge in [0, 0.05) is 29.1 Å². The fourth-order valence-corrected chi connectivity index (χ4v) is 3.23. The second kappa shape index (κ2) is 8.51. The molecule has 7 nitrogen and oxygen atoms in total. The van der Waals surface area contributed by atoms with Gasteiger partial charge in [-0.25, -0.2) is 0 Å². The lowest BCUT2D eigenvalue weighted by molar-refractivity contribution is -0.116. The quantitative estimate of drug-likeness (QED) is 0.476. The Kier molecular flexibility index (Phi) is 5.63. The third-order valence-electron chi connectivity index (χ3n) is 4.63. The highest BCUT2D eigenvalue weighted by molar-refractivity contribution is 6.30. The van der Waals surface area contributed by atoms with Crippen LogP contribution in [-0.4, -0.2) is 21.0 Å². The molecular weight excluding hydrogens is 404 g/mol. The zero-order valence-electron chi connectivity index (χ0n) is 16.2. The smallest absolute Gasteiger partial charge is 0.259 e. The lowest BCUT2D eigenvalue weighted by Gasteiger charge is -2.04. The number of nitrogens with zero attached hydrogens (tertiary/aromatic N) is 2. The van der Waals surface area contributed by atoms with Crippen molar-refractivity contribution in [2.45, 2.75) is 26.2 Å². The van der Waals surface area contributed by atoms with Gasteiger partial charge >= 0.3 is 0 Å². The van der Waals surface area contributed by atoms with Gasteiger partial charge in [-0.15, -0.1) is 0 Å². The van der Waals surface area contributed by atoms with Crippen LogP contribution in [0.5, 0.6) is 0 Å². The number of aromatic nitrogens is 3. The summed E-state index contributed by atoms with van der Waals surface area (Å²) in [5.74, 6) is 0.505. The van der Waals surface area contributed by atoms with E-state index in [1.54, 1.807) is 30.3 Å². The number of rotatable bonds is 6. The molecule has 4 rings (SSSR count). The van der Waals surface area contributed by atoms with E-state index in [1.165, 1.54) is 0 Å². The van der Waals surface area contributed by atoms with Crippen molar-refractivity contribution in [1.29, 1.82) is 0 Å². The molecule has 0 saturated carbocycles. The number of nitrogens with one attached hydrogen (secondary N) is 2. The predicted molar refractivity (Wildman–Crippen MR) is 116 cm³/mol. The van der Waals surface area contributed by atoms with Gasteiger partial charge in [-0.1, -0.05) is 28.9 Å². The highest BCUT2D eigenvalue weighted by Gasteiger charge is 2.14. The van der Waals surface area contributed by atoms with Crippen molar-refractivity contribution in [3.05, 3.63) is 75.4 Å². The number of H-pyrrole nitrogens is 1. The van der Waals surface area contributed by atoms with Gasteiger partial charge in [0.05, 0.1) is 5.56 Å². The molecule has 152 valence electrons. The monoisotopic (exact) mass is 422 g/mol. The molecule has 0 aliphatic rings. The number of amides is 1. The molecule has 2 aromatic carbocycles. The summed E-state index contributed by atoms with van der Waals surface area (Å²) in [6, 6.07) is 14.5. The van der Waals surface area contributed by atoms with Gasteiger partial charge in [-0.05, 0) is 60.7 Å². The first-order valence-electron chi connectivity index (χ1n) is 9.50. The molecule has 4 aromatic rings. The Morgan fingerprint density at radius 1 is 1.17 bits per heavy atom. The molecule has 0 bridgehead atoms. The normalized spacial score (nSPS) is 11.0. The molecule has 0 saturated heterocycles. The Morgan fingerprint density at radius 3 is 2.77 bits per heavy atom. The number of aryl methyl sites for hydroxylation is 2. The summed E-state index contributed by atoms with van der Waals surface area (Å²) in [4.78, 5) is 31.6. The van der Waals surface area contributed by atoms with Crippen LogP contribution in [0, 0.1) is 6.92 Å². The summed E-state index contributed by atoms with van der Waals surface area (Å²) in [5.41, 5.74) is 2.59. The maximum Gasteiger partial charge on any atom is 0.259 e. The van der Waals surface area contributed by atoms with Crippen molar-refractivity contribution in [3.63, 3.8) is 0 Å². The summed E-state index contributed by atoms with van der Waals surface area (Å²) in [7, 11) is 0. The number of carbonyl (C=O) groups is 1. The minimum Gasteiger partial charge on any atom is -0.339 e. The van der Waals surface area contributed by atoms with Gasteiger partial charge in [0.15, 0.2) is 0 Å². The van der Waals surface area contributed by atoms with E-state index in [4.69, 9.17) is 16.1 Å². The van der Waals surface area contributed by atoms with E-state index in [1.807, 2.05) is 25.1 Å². The number of hydrogen-bond donors (Lipinski definition) is 2. The molecule has 0 radical (unpaired) electrons. The zero-order chi connectivity index (χ0) is 21.1. The number of fused-ring (bicyclic) bond motifs is 1. The summed E-state index contributed by atoms with van der Waals surface area (Å²) in [6.45, 7) is 1.97. The van der Waals surface area contributed by atoms with E-state index < -0.39 is 0 Å². The molecule has 0 aliphatic heterocycles. The number of hydrogen-bond acceptors (Lipinski definition) is 5. The Morgan fingerprint density at radius 2 is 1.97 bits per heavy atom. The van der Waals surface area contributed by atoms with Gasteiger partial charge in [-0.3, -0.25) is 9.59 Å². The molecule has 2 N–H and O–H groups in total. The number of aromatic amines is 1. The van der Waals surface area contributed by atoms with E-state index in [-0.39, 0.29) is 17.3 Å². The van der Waals surface area contributed by atoms with Crippen LogP contribution in [0.2, 0.25) is 5.02 Å². The van der Waals surface area contributed by atoms with Gasteiger partial charge in [0.25, 0.3) is 5.56 Å². The van der Waals surface area contributed by atoms with Crippen LogP contribution in [0.1, 0.15) is 24.3 Å². The molecule has 30 heavy (non-hydrogen) atoms. The highest BCUT2D eigenvalue weighted by atomic mass is 35.5. The first-order chi connectivity index (χ1) is 14.5. The van der Waals surface area contributed by atoms with Gasteiger partial charge in [0.2, 0.25) is 17.6 Å². The third-order valence-corrected chi connectivity index (χ3v) is 4.88. The summed E-state index contributed by atoms with van der Waals surface area (Å²) in [5, 5.41) is 8.23. The first-order valence-corrected chi connectivity index (χ1v) is 9.88. The average molecular weight is 423 g/mol. The minimum atomic E-state index is -0.275. The van der Waals surface area contributed by atoms with Crippen molar-refractivity contribution in [2.75, 3.05) is 5.32 Å². The Bertz CT molecular complexity index is 1260. The van der Waals surface area contributed by atoms with Crippen LogP contribution in [0.4, 0.5) is 5.69 Å². The van der Waals surface area contributed by atoms with Crippen molar-refractivity contribution in [1.82, 2.24) is 15.1 Å². The highest BCUT2D eigenvalue weighted by Crippen LogP contribution is 2.19. The lowest BCUT2D eigenvalue weighted by Crippen LogP contribution is -2.11. The summed E-state index contributed by atoms with van der Waals surface area (Å²) < 4.78 is 5.26. The van der Waals surface area contributed by atoms with E-state index >= 15 is 0 Å². The van der Waals surface area contributed by atoms with Crippen molar-refractivity contribution >= 4 is 34.1 Å². The van der Waals surface area contributed by atoms with Crippen LogP contribution in [-0.2, 0) is 11.2 Å². The molecule has 0 spiro atoms. The van der Waals surface area contributed by atoms with E-state index in [0.717, 1.165) is 16.5 Å². The number of pyridine rings is 1. The number of halogens is 1. The molecule has 2 heterocycles. The molecular formula is C22H19ClN4O3. The Hall–Kier alpha value is -3.45. The average Bonchev–Trinajstić information content (AvgIpc) is 3.18. The fraction of sp³-hybridized carbons (Fsp3) is 0.182. The van der Waals surface area contributed by atoms with Crippen LogP contribution in [0.25, 0.3) is 22.3 Å². The minimum absolute atomic E-state index is 0.113. The Balaban J connectivity index is 1.38. The molecule has 0 fully saturated rings. The number of benzene rings is 2. The molecule has 2 aromatic heterocycles. The maximum absolute atomic E-state index is 12.4. The van der Waals surface area contributed by atoms with Gasteiger partial charge < -0.3 is 14.8 Å². The van der Waals surface area contributed by atoms with Crippen molar-refractivity contribution in [3.8, 4) is 11.4 Å². The zero-order valence-corrected chi connectivity index (χ0v) is 17.0. The van der Waals surface area contributed by atoms with Gasteiger partial charge in [0.1, 0.15) is 0 Å². The van der Waals surface area contributed by atoms with Crippen molar-refractivity contribution in [2.24, 2.45) is 0 Å². The Labute approximate surface area is 177 Å². The van der Waals surface area contributed by atoms with Crippen LogP contribution in [0.3, 0.4) is 0 Å².